The van der Waals surface area contributed by atoms with Gasteiger partial charge in [-0.05, 0) is 69.6 Å². The molecule has 24 heavy (non-hydrogen) atoms. The summed E-state index contributed by atoms with van der Waals surface area (Å²) in [5.74, 6) is 0.843. The molecule has 1 aliphatic heterocycles. The zero-order valence-corrected chi connectivity index (χ0v) is 15.3. The molecule has 1 saturated heterocycles. The van der Waals surface area contributed by atoms with Gasteiger partial charge in [-0.1, -0.05) is 24.6 Å². The second-order valence-corrected chi connectivity index (χ2v) is 7.03. The van der Waals surface area contributed by atoms with Crippen LogP contribution in [0.5, 0.6) is 0 Å². The van der Waals surface area contributed by atoms with E-state index >= 15 is 0 Å². The zero-order chi connectivity index (χ0) is 16.9. The molecule has 1 aliphatic rings. The predicted octanol–water partition coefficient (Wildman–Crippen LogP) is 3.22. The minimum atomic E-state index is 0.843. The SMILES string of the molecule is CCNCC1CCN(Cc2ccc(C)cc2-c2ccnn2C)CC1. The maximum absolute atomic E-state index is 4.35. The van der Waals surface area contributed by atoms with E-state index < -0.39 is 0 Å². The van der Waals surface area contributed by atoms with Crippen LogP contribution in [0.15, 0.2) is 30.5 Å². The van der Waals surface area contributed by atoms with Crippen molar-refractivity contribution in [3.05, 3.63) is 41.6 Å². The van der Waals surface area contributed by atoms with Gasteiger partial charge in [0.05, 0.1) is 5.69 Å². The predicted molar refractivity (Wildman–Crippen MR) is 99.9 cm³/mol. The topological polar surface area (TPSA) is 33.1 Å². The summed E-state index contributed by atoms with van der Waals surface area (Å²) in [6.45, 7) is 10.0. The van der Waals surface area contributed by atoms with Crippen LogP contribution in [0.25, 0.3) is 11.3 Å². The van der Waals surface area contributed by atoms with Gasteiger partial charge in [-0.25, -0.2) is 0 Å². The normalized spacial score (nSPS) is 16.6. The quantitative estimate of drug-likeness (QED) is 0.885. The summed E-state index contributed by atoms with van der Waals surface area (Å²) in [6.07, 6.45) is 4.49. The maximum Gasteiger partial charge on any atom is 0.0682 e. The number of piperidine rings is 1. The van der Waals surface area contributed by atoms with E-state index in [1.807, 2.05) is 17.9 Å². The van der Waals surface area contributed by atoms with E-state index in [1.165, 1.54) is 54.9 Å². The molecule has 130 valence electrons. The van der Waals surface area contributed by atoms with E-state index in [9.17, 15) is 0 Å². The number of aromatic nitrogens is 2. The molecule has 0 aliphatic carbocycles. The molecule has 0 unspecified atom stereocenters. The molecule has 0 saturated carbocycles. The second kappa shape index (κ2) is 7.95. The monoisotopic (exact) mass is 326 g/mol. The van der Waals surface area contributed by atoms with Crippen molar-refractivity contribution in [3.8, 4) is 11.3 Å². The minimum absolute atomic E-state index is 0.843. The van der Waals surface area contributed by atoms with Gasteiger partial charge < -0.3 is 5.32 Å². The third-order valence-corrected chi connectivity index (χ3v) is 5.15. The minimum Gasteiger partial charge on any atom is -0.317 e. The van der Waals surface area contributed by atoms with E-state index in [2.05, 4.69) is 53.4 Å². The van der Waals surface area contributed by atoms with Crippen LogP contribution in [0.3, 0.4) is 0 Å². The molecule has 1 aromatic carbocycles. The molecule has 1 aromatic heterocycles. The van der Waals surface area contributed by atoms with E-state index in [1.54, 1.807) is 0 Å². The lowest BCUT2D eigenvalue weighted by molar-refractivity contribution is 0.176. The first-order valence-electron chi connectivity index (χ1n) is 9.18. The Kier molecular flexibility index (Phi) is 5.69. The number of rotatable bonds is 6. The van der Waals surface area contributed by atoms with E-state index in [4.69, 9.17) is 0 Å². The van der Waals surface area contributed by atoms with Gasteiger partial charge >= 0.3 is 0 Å². The fourth-order valence-electron chi connectivity index (χ4n) is 3.64. The molecule has 0 amide bonds. The molecule has 2 aromatic rings. The molecule has 3 rings (SSSR count). The van der Waals surface area contributed by atoms with E-state index in [0.717, 1.165) is 19.0 Å². The Hall–Kier alpha value is -1.65. The molecule has 0 radical (unpaired) electrons. The number of nitrogens with zero attached hydrogens (tertiary/aromatic N) is 3. The number of benzene rings is 1. The van der Waals surface area contributed by atoms with Crippen LogP contribution in [0, 0.1) is 12.8 Å². The van der Waals surface area contributed by atoms with Crippen LogP contribution in [0.4, 0.5) is 0 Å². The highest BCUT2D eigenvalue weighted by Gasteiger charge is 2.20. The largest absolute Gasteiger partial charge is 0.317 e. The van der Waals surface area contributed by atoms with Gasteiger partial charge in [0.25, 0.3) is 0 Å². The smallest absolute Gasteiger partial charge is 0.0682 e. The highest BCUT2D eigenvalue weighted by molar-refractivity contribution is 5.64. The number of nitrogens with one attached hydrogen (secondary N) is 1. The molecule has 1 fully saturated rings. The van der Waals surface area contributed by atoms with Gasteiger partial charge in [-0.2, -0.15) is 5.10 Å². The lowest BCUT2D eigenvalue weighted by Crippen LogP contribution is -2.37. The summed E-state index contributed by atoms with van der Waals surface area (Å²) in [5, 5.41) is 7.84. The van der Waals surface area contributed by atoms with E-state index in [-0.39, 0.29) is 0 Å². The van der Waals surface area contributed by atoms with Crippen molar-refractivity contribution in [1.82, 2.24) is 20.0 Å². The highest BCUT2D eigenvalue weighted by atomic mass is 15.3. The fourth-order valence-corrected chi connectivity index (χ4v) is 3.64. The maximum atomic E-state index is 4.35. The molecule has 0 atom stereocenters. The fraction of sp³-hybridized carbons (Fsp3) is 0.550. The molecule has 1 N–H and O–H groups in total. The summed E-state index contributed by atoms with van der Waals surface area (Å²) >= 11 is 0. The van der Waals surface area contributed by atoms with Crippen molar-refractivity contribution in [2.45, 2.75) is 33.2 Å². The highest BCUT2D eigenvalue weighted by Crippen LogP contribution is 2.27. The Morgan fingerprint density at radius 3 is 2.67 bits per heavy atom. The van der Waals surface area contributed by atoms with Gasteiger partial charge in [0.1, 0.15) is 0 Å². The van der Waals surface area contributed by atoms with Crippen LogP contribution in [0.2, 0.25) is 0 Å². The number of hydrogen-bond acceptors (Lipinski definition) is 3. The molecular formula is C20H30N4. The standard InChI is InChI=1S/C20H30N4/c1-4-21-14-17-8-11-24(12-9-17)15-18-6-5-16(2)13-19(18)20-7-10-22-23(20)3/h5-7,10,13,17,21H,4,8-9,11-12,14-15H2,1-3H3. The van der Waals surface area contributed by atoms with Crippen molar-refractivity contribution in [1.29, 1.82) is 0 Å². The van der Waals surface area contributed by atoms with Gasteiger partial charge in [-0.3, -0.25) is 9.58 Å². The Bertz CT molecular complexity index is 653. The van der Waals surface area contributed by atoms with Gasteiger partial charge in [0, 0.05) is 25.4 Å². The first-order chi connectivity index (χ1) is 11.7. The van der Waals surface area contributed by atoms with Crippen molar-refractivity contribution >= 4 is 0 Å². The number of likely N-dealkylation sites (tertiary alicyclic amines) is 1. The third kappa shape index (κ3) is 4.05. The average molecular weight is 326 g/mol. The Morgan fingerprint density at radius 1 is 1.21 bits per heavy atom. The Balaban J connectivity index is 1.69. The zero-order valence-electron chi connectivity index (χ0n) is 15.3. The van der Waals surface area contributed by atoms with E-state index in [0.29, 0.717) is 0 Å². The lowest BCUT2D eigenvalue weighted by atomic mass is 9.95. The third-order valence-electron chi connectivity index (χ3n) is 5.15. The molecule has 0 spiro atoms. The van der Waals surface area contributed by atoms with Crippen LogP contribution < -0.4 is 5.32 Å². The Labute approximate surface area is 145 Å². The second-order valence-electron chi connectivity index (χ2n) is 7.03. The molecular weight excluding hydrogens is 296 g/mol. The van der Waals surface area contributed by atoms with Crippen molar-refractivity contribution in [2.75, 3.05) is 26.2 Å². The molecule has 0 bridgehead atoms. The van der Waals surface area contributed by atoms with Crippen molar-refractivity contribution in [2.24, 2.45) is 13.0 Å². The molecule has 4 nitrogen and oxygen atoms in total. The summed E-state index contributed by atoms with van der Waals surface area (Å²) in [5.41, 5.74) is 5.24. The summed E-state index contributed by atoms with van der Waals surface area (Å²) in [4.78, 5) is 2.60. The van der Waals surface area contributed by atoms with Gasteiger partial charge in [-0.15, -0.1) is 0 Å². The van der Waals surface area contributed by atoms with Gasteiger partial charge in [0.2, 0.25) is 0 Å². The van der Waals surface area contributed by atoms with Crippen molar-refractivity contribution in [3.63, 3.8) is 0 Å². The molecule has 2 heterocycles. The van der Waals surface area contributed by atoms with Crippen LogP contribution in [0.1, 0.15) is 30.9 Å². The van der Waals surface area contributed by atoms with Crippen molar-refractivity contribution < 1.29 is 0 Å². The first-order valence-corrected chi connectivity index (χ1v) is 9.18. The first kappa shape index (κ1) is 17.2. The van der Waals surface area contributed by atoms with Crippen LogP contribution >= 0.6 is 0 Å². The number of hydrogen-bond donors (Lipinski definition) is 1. The molecule has 4 heteroatoms. The summed E-state index contributed by atoms with van der Waals surface area (Å²) in [6, 6.07) is 8.93. The van der Waals surface area contributed by atoms with Crippen LogP contribution in [-0.2, 0) is 13.6 Å². The van der Waals surface area contributed by atoms with Gasteiger partial charge in [0.15, 0.2) is 0 Å². The average Bonchev–Trinajstić information content (AvgIpc) is 3.02. The number of aryl methyl sites for hydroxylation is 2. The summed E-state index contributed by atoms with van der Waals surface area (Å²) in [7, 11) is 2.02. The van der Waals surface area contributed by atoms with Crippen LogP contribution in [-0.4, -0.2) is 40.9 Å². The Morgan fingerprint density at radius 2 is 2.00 bits per heavy atom. The summed E-state index contributed by atoms with van der Waals surface area (Å²) < 4.78 is 1.97. The lowest BCUT2D eigenvalue weighted by Gasteiger charge is -2.32.